The molecule has 6 nitrogen and oxygen atoms in total. The van der Waals surface area contributed by atoms with Gasteiger partial charge < -0.3 is 20.1 Å². The summed E-state index contributed by atoms with van der Waals surface area (Å²) in [5.74, 6) is 0.766. The maximum atomic E-state index is 11.1. The largest absolute Gasteiger partial charge is 0.494 e. The van der Waals surface area contributed by atoms with E-state index in [4.69, 9.17) is 9.84 Å². The van der Waals surface area contributed by atoms with E-state index in [1.807, 2.05) is 19.9 Å². The van der Waals surface area contributed by atoms with E-state index in [2.05, 4.69) is 33.4 Å². The Morgan fingerprint density at radius 2 is 2.07 bits per heavy atom. The zero-order chi connectivity index (χ0) is 19.2. The Morgan fingerprint density at radius 3 is 2.70 bits per heavy atom. The lowest BCUT2D eigenvalue weighted by Gasteiger charge is -2.36. The molecule has 1 aliphatic heterocycles. The van der Waals surface area contributed by atoms with Crippen LogP contribution in [0.5, 0.6) is 5.75 Å². The average Bonchev–Trinajstić information content (AvgIpc) is 2.69. The molecule has 3 rings (SSSR count). The van der Waals surface area contributed by atoms with Crippen LogP contribution in [0, 0.1) is 6.92 Å². The Labute approximate surface area is 160 Å². The number of carboxylic acid groups (broad SMARTS) is 1. The number of aromatic carboxylic acids is 1. The molecule has 2 N–H and O–H groups in total. The Bertz CT molecular complexity index is 771. The fourth-order valence-electron chi connectivity index (χ4n) is 3.45. The minimum Gasteiger partial charge on any atom is -0.494 e. The molecular formula is C21H27N3O3. The predicted octanol–water partition coefficient (Wildman–Crippen LogP) is 3.25. The molecule has 0 bridgehead atoms. The average molecular weight is 369 g/mol. The fourth-order valence-corrected chi connectivity index (χ4v) is 3.45. The van der Waals surface area contributed by atoms with Gasteiger partial charge in [0.25, 0.3) is 0 Å². The van der Waals surface area contributed by atoms with E-state index in [9.17, 15) is 4.79 Å². The van der Waals surface area contributed by atoms with Crippen LogP contribution in [0.15, 0.2) is 36.5 Å². The minimum absolute atomic E-state index is 0.206. The number of ether oxygens (including phenoxy) is 1. The second-order valence-electron chi connectivity index (χ2n) is 6.85. The van der Waals surface area contributed by atoms with Crippen molar-refractivity contribution < 1.29 is 14.6 Å². The SMILES string of the molecule is CCOc1cc(CN(c2ccc(C(=O)O)cn2)C2CCNCC2)ccc1C. The Hall–Kier alpha value is -2.60. The van der Waals surface area contributed by atoms with Gasteiger partial charge in [0.05, 0.1) is 12.2 Å². The van der Waals surface area contributed by atoms with Crippen LogP contribution in [0.25, 0.3) is 0 Å². The Kier molecular flexibility index (Phi) is 6.29. The van der Waals surface area contributed by atoms with Crippen molar-refractivity contribution in [2.24, 2.45) is 0 Å². The van der Waals surface area contributed by atoms with E-state index in [-0.39, 0.29) is 5.56 Å². The molecule has 27 heavy (non-hydrogen) atoms. The molecule has 0 amide bonds. The van der Waals surface area contributed by atoms with Crippen LogP contribution in [0.1, 0.15) is 41.3 Å². The number of rotatable bonds is 7. The van der Waals surface area contributed by atoms with Crippen molar-refractivity contribution in [1.82, 2.24) is 10.3 Å². The van der Waals surface area contributed by atoms with Crippen molar-refractivity contribution in [3.63, 3.8) is 0 Å². The molecule has 2 aromatic rings. The summed E-state index contributed by atoms with van der Waals surface area (Å²) in [4.78, 5) is 17.9. The highest BCUT2D eigenvalue weighted by atomic mass is 16.5. The lowest BCUT2D eigenvalue weighted by Crippen LogP contribution is -2.43. The molecule has 1 fully saturated rings. The summed E-state index contributed by atoms with van der Waals surface area (Å²) in [7, 11) is 0. The number of anilines is 1. The summed E-state index contributed by atoms with van der Waals surface area (Å²) in [5.41, 5.74) is 2.49. The first-order valence-corrected chi connectivity index (χ1v) is 9.47. The molecule has 0 aliphatic carbocycles. The summed E-state index contributed by atoms with van der Waals surface area (Å²) in [6.07, 6.45) is 3.51. The molecule has 0 atom stereocenters. The Morgan fingerprint density at radius 1 is 1.30 bits per heavy atom. The standard InChI is InChI=1S/C21H27N3O3/c1-3-27-19-12-16(5-4-15(19)2)14-24(18-8-10-22-11-9-18)20-7-6-17(13-23-20)21(25)26/h4-7,12-13,18,22H,3,8-11,14H2,1-2H3,(H,25,26). The number of piperidine rings is 1. The highest BCUT2D eigenvalue weighted by Gasteiger charge is 2.23. The number of hydrogen-bond donors (Lipinski definition) is 2. The third-order valence-electron chi connectivity index (χ3n) is 4.94. The number of aromatic nitrogens is 1. The van der Waals surface area contributed by atoms with Crippen LogP contribution in [0.2, 0.25) is 0 Å². The topological polar surface area (TPSA) is 74.7 Å². The van der Waals surface area contributed by atoms with Gasteiger partial charge in [-0.25, -0.2) is 9.78 Å². The molecule has 0 radical (unpaired) electrons. The number of pyridine rings is 1. The molecular weight excluding hydrogens is 342 g/mol. The molecule has 1 aromatic heterocycles. The second-order valence-corrected chi connectivity index (χ2v) is 6.85. The summed E-state index contributed by atoms with van der Waals surface area (Å²) in [6.45, 7) is 7.34. The van der Waals surface area contributed by atoms with Crippen LogP contribution in [0.3, 0.4) is 0 Å². The third kappa shape index (κ3) is 4.77. The number of carbonyl (C=O) groups is 1. The molecule has 1 aliphatic rings. The molecule has 0 unspecified atom stereocenters. The summed E-state index contributed by atoms with van der Waals surface area (Å²) >= 11 is 0. The highest BCUT2D eigenvalue weighted by molar-refractivity contribution is 5.87. The molecule has 1 aromatic carbocycles. The Balaban J connectivity index is 1.88. The van der Waals surface area contributed by atoms with E-state index in [0.717, 1.165) is 48.6 Å². The van der Waals surface area contributed by atoms with Gasteiger partial charge in [-0.2, -0.15) is 0 Å². The zero-order valence-electron chi connectivity index (χ0n) is 15.9. The van der Waals surface area contributed by atoms with Gasteiger partial charge in [0, 0.05) is 18.8 Å². The van der Waals surface area contributed by atoms with Crippen LogP contribution in [-0.4, -0.2) is 41.8 Å². The molecule has 6 heteroatoms. The van der Waals surface area contributed by atoms with Gasteiger partial charge in [-0.1, -0.05) is 12.1 Å². The van der Waals surface area contributed by atoms with E-state index in [1.54, 1.807) is 6.07 Å². The first kappa shape index (κ1) is 19.2. The van der Waals surface area contributed by atoms with E-state index < -0.39 is 5.97 Å². The number of aryl methyl sites for hydroxylation is 1. The highest BCUT2D eigenvalue weighted by Crippen LogP contribution is 2.26. The monoisotopic (exact) mass is 369 g/mol. The lowest BCUT2D eigenvalue weighted by molar-refractivity contribution is 0.0696. The fraction of sp³-hybridized carbons (Fsp3) is 0.429. The van der Waals surface area contributed by atoms with Crippen LogP contribution in [0.4, 0.5) is 5.82 Å². The molecule has 1 saturated heterocycles. The lowest BCUT2D eigenvalue weighted by atomic mass is 10.0. The van der Waals surface area contributed by atoms with E-state index in [0.29, 0.717) is 19.2 Å². The van der Waals surface area contributed by atoms with Crippen molar-refractivity contribution >= 4 is 11.8 Å². The predicted molar refractivity (Wildman–Crippen MR) is 106 cm³/mol. The van der Waals surface area contributed by atoms with Gasteiger partial charge in [0.15, 0.2) is 0 Å². The van der Waals surface area contributed by atoms with Crippen LogP contribution < -0.4 is 15.0 Å². The quantitative estimate of drug-likeness (QED) is 0.780. The van der Waals surface area contributed by atoms with Gasteiger partial charge in [-0.3, -0.25) is 0 Å². The van der Waals surface area contributed by atoms with Gasteiger partial charge in [0.1, 0.15) is 11.6 Å². The van der Waals surface area contributed by atoms with Crippen molar-refractivity contribution in [2.75, 3.05) is 24.6 Å². The smallest absolute Gasteiger partial charge is 0.337 e. The van der Waals surface area contributed by atoms with Crippen LogP contribution >= 0.6 is 0 Å². The van der Waals surface area contributed by atoms with Crippen molar-refractivity contribution in [1.29, 1.82) is 0 Å². The van der Waals surface area contributed by atoms with Crippen molar-refractivity contribution in [2.45, 2.75) is 39.3 Å². The number of benzene rings is 1. The third-order valence-corrected chi connectivity index (χ3v) is 4.94. The maximum absolute atomic E-state index is 11.1. The molecule has 2 heterocycles. The normalized spacial score (nSPS) is 14.7. The molecule has 144 valence electrons. The summed E-state index contributed by atoms with van der Waals surface area (Å²) in [6, 6.07) is 10.1. The maximum Gasteiger partial charge on any atom is 0.337 e. The van der Waals surface area contributed by atoms with Crippen LogP contribution in [-0.2, 0) is 6.54 Å². The van der Waals surface area contributed by atoms with Crippen molar-refractivity contribution in [3.8, 4) is 5.75 Å². The number of nitrogens with zero attached hydrogens (tertiary/aromatic N) is 2. The number of nitrogens with one attached hydrogen (secondary N) is 1. The second kappa shape index (κ2) is 8.86. The minimum atomic E-state index is -0.956. The number of hydrogen-bond acceptors (Lipinski definition) is 5. The van der Waals surface area contributed by atoms with Gasteiger partial charge in [-0.05, 0) is 69.1 Å². The van der Waals surface area contributed by atoms with Gasteiger partial charge in [0.2, 0.25) is 0 Å². The van der Waals surface area contributed by atoms with E-state index >= 15 is 0 Å². The van der Waals surface area contributed by atoms with Crippen molar-refractivity contribution in [3.05, 3.63) is 53.2 Å². The molecule has 0 saturated carbocycles. The summed E-state index contributed by atoms with van der Waals surface area (Å²) in [5, 5.41) is 12.5. The zero-order valence-corrected chi connectivity index (χ0v) is 15.9. The van der Waals surface area contributed by atoms with Gasteiger partial charge in [-0.15, -0.1) is 0 Å². The first-order chi connectivity index (χ1) is 13.1. The number of carboxylic acids is 1. The molecule has 0 spiro atoms. The van der Waals surface area contributed by atoms with E-state index in [1.165, 1.54) is 6.20 Å². The van der Waals surface area contributed by atoms with Gasteiger partial charge >= 0.3 is 5.97 Å². The first-order valence-electron chi connectivity index (χ1n) is 9.47. The summed E-state index contributed by atoms with van der Waals surface area (Å²) < 4.78 is 5.74.